The first-order valence-electron chi connectivity index (χ1n) is 7.55. The monoisotopic (exact) mass is 261 g/mol. The molecule has 1 atom stereocenters. The molecule has 1 saturated carbocycles. The minimum Gasteiger partial charge on any atom is -0.388 e. The molecule has 1 aromatic carbocycles. The minimum atomic E-state index is -0.421. The van der Waals surface area contributed by atoms with E-state index in [1.54, 1.807) is 0 Å². The Morgan fingerprint density at radius 1 is 1.16 bits per heavy atom. The van der Waals surface area contributed by atoms with Gasteiger partial charge in [0.25, 0.3) is 0 Å². The van der Waals surface area contributed by atoms with E-state index in [4.69, 9.17) is 5.73 Å². The van der Waals surface area contributed by atoms with Crippen LogP contribution in [-0.4, -0.2) is 11.7 Å². The SMILES string of the molecule is Cc1cccc(C(O)C2(CN)CCCCCC2)c1C. The molecule has 2 rings (SSSR count). The number of aryl methyl sites for hydroxylation is 1. The van der Waals surface area contributed by atoms with Crippen molar-refractivity contribution in [1.29, 1.82) is 0 Å². The van der Waals surface area contributed by atoms with E-state index in [0.29, 0.717) is 6.54 Å². The molecule has 0 heterocycles. The van der Waals surface area contributed by atoms with Crippen LogP contribution in [0.5, 0.6) is 0 Å². The number of aliphatic hydroxyl groups is 1. The van der Waals surface area contributed by atoms with Gasteiger partial charge in [-0.25, -0.2) is 0 Å². The van der Waals surface area contributed by atoms with Crippen molar-refractivity contribution in [3.63, 3.8) is 0 Å². The predicted molar refractivity (Wildman–Crippen MR) is 80.1 cm³/mol. The number of aliphatic hydroxyl groups excluding tert-OH is 1. The van der Waals surface area contributed by atoms with E-state index < -0.39 is 6.10 Å². The standard InChI is InChI=1S/C17H27NO/c1-13-8-7-9-15(14(13)2)16(19)17(12-18)10-5-3-4-6-11-17/h7-9,16,19H,3-6,10-12,18H2,1-2H3. The Morgan fingerprint density at radius 2 is 1.79 bits per heavy atom. The Morgan fingerprint density at radius 3 is 2.37 bits per heavy atom. The zero-order valence-electron chi connectivity index (χ0n) is 12.3. The van der Waals surface area contributed by atoms with Gasteiger partial charge in [-0.15, -0.1) is 0 Å². The quantitative estimate of drug-likeness (QED) is 0.816. The maximum atomic E-state index is 10.9. The summed E-state index contributed by atoms with van der Waals surface area (Å²) in [6.45, 7) is 4.80. The predicted octanol–water partition coefficient (Wildman–Crippen LogP) is 3.64. The fraction of sp³-hybridized carbons (Fsp3) is 0.647. The van der Waals surface area contributed by atoms with Crippen LogP contribution in [0.1, 0.15) is 61.3 Å². The minimum absolute atomic E-state index is 0.116. The Kier molecular flexibility index (Phi) is 4.64. The van der Waals surface area contributed by atoms with Gasteiger partial charge >= 0.3 is 0 Å². The molecule has 1 fully saturated rings. The van der Waals surface area contributed by atoms with E-state index in [2.05, 4.69) is 26.0 Å². The first-order chi connectivity index (χ1) is 9.10. The molecule has 0 spiro atoms. The summed E-state index contributed by atoms with van der Waals surface area (Å²) in [6, 6.07) is 6.21. The summed E-state index contributed by atoms with van der Waals surface area (Å²) in [7, 11) is 0. The molecule has 106 valence electrons. The molecule has 0 amide bonds. The third-order valence-corrected chi connectivity index (χ3v) is 5.03. The van der Waals surface area contributed by atoms with Crippen molar-refractivity contribution in [3.8, 4) is 0 Å². The first kappa shape index (κ1) is 14.5. The van der Waals surface area contributed by atoms with Gasteiger partial charge in [-0.2, -0.15) is 0 Å². The van der Waals surface area contributed by atoms with Crippen LogP contribution in [0.2, 0.25) is 0 Å². The average molecular weight is 261 g/mol. The zero-order chi connectivity index (χ0) is 13.9. The summed E-state index contributed by atoms with van der Waals surface area (Å²) >= 11 is 0. The van der Waals surface area contributed by atoms with Crippen LogP contribution in [0.15, 0.2) is 18.2 Å². The molecule has 3 N–H and O–H groups in total. The van der Waals surface area contributed by atoms with Gasteiger partial charge in [0.15, 0.2) is 0 Å². The van der Waals surface area contributed by atoms with Gasteiger partial charge in [-0.1, -0.05) is 43.9 Å². The Hall–Kier alpha value is -0.860. The number of benzene rings is 1. The van der Waals surface area contributed by atoms with Gasteiger partial charge in [-0.05, 0) is 43.4 Å². The maximum Gasteiger partial charge on any atom is 0.0860 e. The van der Waals surface area contributed by atoms with Crippen molar-refractivity contribution < 1.29 is 5.11 Å². The number of hydrogen-bond acceptors (Lipinski definition) is 2. The highest BCUT2D eigenvalue weighted by Gasteiger charge is 2.38. The molecule has 0 aliphatic heterocycles. The smallest absolute Gasteiger partial charge is 0.0860 e. The van der Waals surface area contributed by atoms with Gasteiger partial charge in [0, 0.05) is 12.0 Å². The van der Waals surface area contributed by atoms with E-state index in [1.165, 1.54) is 36.8 Å². The van der Waals surface area contributed by atoms with E-state index in [9.17, 15) is 5.11 Å². The first-order valence-corrected chi connectivity index (χ1v) is 7.55. The topological polar surface area (TPSA) is 46.2 Å². The van der Waals surface area contributed by atoms with Gasteiger partial charge in [-0.3, -0.25) is 0 Å². The second-order valence-electron chi connectivity index (χ2n) is 6.17. The lowest BCUT2D eigenvalue weighted by atomic mass is 9.72. The largest absolute Gasteiger partial charge is 0.388 e. The van der Waals surface area contributed by atoms with Crippen LogP contribution in [-0.2, 0) is 0 Å². The van der Waals surface area contributed by atoms with Gasteiger partial charge in [0.05, 0.1) is 6.10 Å². The molecule has 2 nitrogen and oxygen atoms in total. The molecule has 19 heavy (non-hydrogen) atoms. The fourth-order valence-corrected chi connectivity index (χ4v) is 3.42. The van der Waals surface area contributed by atoms with Crippen molar-refractivity contribution in [2.75, 3.05) is 6.54 Å². The molecule has 1 aliphatic rings. The highest BCUT2D eigenvalue weighted by molar-refractivity contribution is 5.35. The van der Waals surface area contributed by atoms with Crippen LogP contribution < -0.4 is 5.73 Å². The third kappa shape index (κ3) is 2.85. The lowest BCUT2D eigenvalue weighted by Crippen LogP contribution is -2.36. The molecule has 1 aliphatic carbocycles. The Bertz CT molecular complexity index is 419. The number of rotatable bonds is 3. The summed E-state index contributed by atoms with van der Waals surface area (Å²) in [5.41, 5.74) is 9.50. The molecule has 1 aromatic rings. The Balaban J connectivity index is 2.34. The number of hydrogen-bond donors (Lipinski definition) is 2. The highest BCUT2D eigenvalue weighted by atomic mass is 16.3. The van der Waals surface area contributed by atoms with Crippen molar-refractivity contribution in [1.82, 2.24) is 0 Å². The van der Waals surface area contributed by atoms with Gasteiger partial charge in [0.1, 0.15) is 0 Å². The van der Waals surface area contributed by atoms with Crippen molar-refractivity contribution >= 4 is 0 Å². The second kappa shape index (κ2) is 6.06. The molecular formula is C17H27NO. The maximum absolute atomic E-state index is 10.9. The molecule has 0 bridgehead atoms. The molecule has 0 saturated heterocycles. The fourth-order valence-electron chi connectivity index (χ4n) is 3.42. The van der Waals surface area contributed by atoms with E-state index in [0.717, 1.165) is 18.4 Å². The lowest BCUT2D eigenvalue weighted by Gasteiger charge is -2.37. The third-order valence-electron chi connectivity index (χ3n) is 5.03. The van der Waals surface area contributed by atoms with Crippen molar-refractivity contribution in [3.05, 3.63) is 34.9 Å². The summed E-state index contributed by atoms with van der Waals surface area (Å²) in [4.78, 5) is 0. The molecule has 1 unspecified atom stereocenters. The Labute approximate surface area is 117 Å². The van der Waals surface area contributed by atoms with Gasteiger partial charge < -0.3 is 10.8 Å². The number of nitrogens with two attached hydrogens (primary N) is 1. The van der Waals surface area contributed by atoms with Crippen molar-refractivity contribution in [2.45, 2.75) is 58.5 Å². The second-order valence-corrected chi connectivity index (χ2v) is 6.17. The average Bonchev–Trinajstić information content (AvgIpc) is 2.67. The van der Waals surface area contributed by atoms with Crippen LogP contribution in [0.25, 0.3) is 0 Å². The molecular weight excluding hydrogens is 234 g/mol. The molecule has 2 heteroatoms. The van der Waals surface area contributed by atoms with E-state index in [1.807, 2.05) is 6.07 Å². The summed E-state index contributed by atoms with van der Waals surface area (Å²) in [6.07, 6.45) is 6.63. The van der Waals surface area contributed by atoms with Crippen molar-refractivity contribution in [2.24, 2.45) is 11.1 Å². The summed E-state index contributed by atoms with van der Waals surface area (Å²) in [5, 5.41) is 10.9. The summed E-state index contributed by atoms with van der Waals surface area (Å²) < 4.78 is 0. The summed E-state index contributed by atoms with van der Waals surface area (Å²) in [5.74, 6) is 0. The van der Waals surface area contributed by atoms with Crippen LogP contribution >= 0.6 is 0 Å². The normalized spacial score (nSPS) is 20.8. The lowest BCUT2D eigenvalue weighted by molar-refractivity contribution is 0.0162. The van der Waals surface area contributed by atoms with Crippen LogP contribution in [0.3, 0.4) is 0 Å². The van der Waals surface area contributed by atoms with Crippen LogP contribution in [0.4, 0.5) is 0 Å². The highest BCUT2D eigenvalue weighted by Crippen LogP contribution is 2.45. The van der Waals surface area contributed by atoms with E-state index in [-0.39, 0.29) is 5.41 Å². The molecule has 0 radical (unpaired) electrons. The zero-order valence-corrected chi connectivity index (χ0v) is 12.3. The van der Waals surface area contributed by atoms with Gasteiger partial charge in [0.2, 0.25) is 0 Å². The van der Waals surface area contributed by atoms with Crippen LogP contribution in [0, 0.1) is 19.3 Å². The van der Waals surface area contributed by atoms with E-state index >= 15 is 0 Å². The molecule has 0 aromatic heterocycles.